The van der Waals surface area contributed by atoms with Gasteiger partial charge in [0, 0.05) is 24.8 Å². The average Bonchev–Trinajstić information content (AvgIpc) is 2.45. The Kier molecular flexibility index (Phi) is 6.61. The summed E-state index contributed by atoms with van der Waals surface area (Å²) in [5.41, 5.74) is 6.51. The Morgan fingerprint density at radius 2 is 2.00 bits per heavy atom. The minimum atomic E-state index is -0.356. The third-order valence-corrected chi connectivity index (χ3v) is 2.68. The highest BCUT2D eigenvalue weighted by atomic mass is 32.1. The van der Waals surface area contributed by atoms with Crippen molar-refractivity contribution in [3.05, 3.63) is 35.4 Å². The average molecular weight is 295 g/mol. The van der Waals surface area contributed by atoms with Crippen LogP contribution in [0, 0.1) is 0 Å². The Hall–Kier alpha value is -1.99. The second kappa shape index (κ2) is 8.23. The molecule has 0 aromatic heterocycles. The number of methoxy groups -OCH3 is 1. The Balaban J connectivity index is 2.48. The molecule has 2 amide bonds. The number of rotatable bonds is 7. The first-order valence-corrected chi connectivity index (χ1v) is 6.39. The molecule has 108 valence electrons. The lowest BCUT2D eigenvalue weighted by Crippen LogP contribution is -2.38. The summed E-state index contributed by atoms with van der Waals surface area (Å²) in [6.07, 6.45) is 0. The highest BCUT2D eigenvalue weighted by molar-refractivity contribution is 7.80. The molecule has 6 nitrogen and oxygen atoms in total. The number of thiocarbonyl (C=S) groups is 1. The van der Waals surface area contributed by atoms with Gasteiger partial charge in [0.15, 0.2) is 0 Å². The molecule has 0 aliphatic rings. The monoisotopic (exact) mass is 295 g/mol. The molecule has 1 aromatic carbocycles. The fourth-order valence-electron chi connectivity index (χ4n) is 1.43. The first-order valence-electron chi connectivity index (χ1n) is 5.98. The molecule has 0 radical (unpaired) electrons. The van der Waals surface area contributed by atoms with Crippen LogP contribution in [0.5, 0.6) is 0 Å². The van der Waals surface area contributed by atoms with E-state index in [-0.39, 0.29) is 23.3 Å². The number of benzene rings is 1. The largest absolute Gasteiger partial charge is 0.389 e. The highest BCUT2D eigenvalue weighted by Crippen LogP contribution is 2.05. The normalized spacial score (nSPS) is 9.85. The van der Waals surface area contributed by atoms with E-state index in [4.69, 9.17) is 22.7 Å². The number of carbonyl (C=O) groups is 2. The summed E-state index contributed by atoms with van der Waals surface area (Å²) >= 11 is 4.84. The number of hydrogen-bond donors (Lipinski definition) is 3. The van der Waals surface area contributed by atoms with E-state index in [9.17, 15) is 9.59 Å². The van der Waals surface area contributed by atoms with Crippen molar-refractivity contribution in [2.24, 2.45) is 5.73 Å². The summed E-state index contributed by atoms with van der Waals surface area (Å²) < 4.78 is 4.80. The van der Waals surface area contributed by atoms with Crippen LogP contribution in [0.3, 0.4) is 0 Å². The molecule has 0 aliphatic carbocycles. The van der Waals surface area contributed by atoms with Crippen molar-refractivity contribution in [1.82, 2.24) is 10.6 Å². The van der Waals surface area contributed by atoms with Crippen molar-refractivity contribution in [2.75, 3.05) is 26.8 Å². The van der Waals surface area contributed by atoms with Gasteiger partial charge in [0.2, 0.25) is 5.91 Å². The Morgan fingerprint density at radius 3 is 2.65 bits per heavy atom. The number of nitrogens with one attached hydrogen (secondary N) is 2. The molecule has 0 saturated heterocycles. The summed E-state index contributed by atoms with van der Waals surface area (Å²) in [6, 6.07) is 6.61. The fraction of sp³-hybridized carbons (Fsp3) is 0.308. The lowest BCUT2D eigenvalue weighted by atomic mass is 10.1. The van der Waals surface area contributed by atoms with Gasteiger partial charge in [0.1, 0.15) is 4.99 Å². The van der Waals surface area contributed by atoms with Gasteiger partial charge in [-0.25, -0.2) is 0 Å². The lowest BCUT2D eigenvalue weighted by Gasteiger charge is -2.07. The lowest BCUT2D eigenvalue weighted by molar-refractivity contribution is -0.120. The smallest absolute Gasteiger partial charge is 0.251 e. The van der Waals surface area contributed by atoms with Gasteiger partial charge < -0.3 is 21.1 Å². The maximum Gasteiger partial charge on any atom is 0.251 e. The van der Waals surface area contributed by atoms with Gasteiger partial charge in [0.05, 0.1) is 13.2 Å². The SMILES string of the molecule is COCCNC(=O)CNC(=O)c1cccc(C(N)=S)c1. The number of amides is 2. The van der Waals surface area contributed by atoms with E-state index in [2.05, 4.69) is 10.6 Å². The van der Waals surface area contributed by atoms with Crippen molar-refractivity contribution < 1.29 is 14.3 Å². The molecule has 1 rings (SSSR count). The number of hydrogen-bond acceptors (Lipinski definition) is 4. The summed E-state index contributed by atoms with van der Waals surface area (Å²) in [5.74, 6) is -0.633. The second-order valence-corrected chi connectivity index (χ2v) is 4.41. The first-order chi connectivity index (χ1) is 9.54. The van der Waals surface area contributed by atoms with Crippen LogP contribution in [0.4, 0.5) is 0 Å². The van der Waals surface area contributed by atoms with Crippen molar-refractivity contribution in [3.8, 4) is 0 Å². The van der Waals surface area contributed by atoms with E-state index in [0.717, 1.165) is 0 Å². The van der Waals surface area contributed by atoms with Crippen molar-refractivity contribution >= 4 is 29.0 Å². The van der Waals surface area contributed by atoms with E-state index >= 15 is 0 Å². The Bertz CT molecular complexity index is 505. The summed E-state index contributed by atoms with van der Waals surface area (Å²) in [5, 5.41) is 5.12. The fourth-order valence-corrected chi connectivity index (χ4v) is 1.56. The van der Waals surface area contributed by atoms with Gasteiger partial charge >= 0.3 is 0 Å². The Labute approximate surface area is 122 Å². The van der Waals surface area contributed by atoms with Gasteiger partial charge in [-0.2, -0.15) is 0 Å². The zero-order chi connectivity index (χ0) is 15.0. The highest BCUT2D eigenvalue weighted by Gasteiger charge is 2.08. The van der Waals surface area contributed by atoms with Crippen LogP contribution in [0.2, 0.25) is 0 Å². The van der Waals surface area contributed by atoms with Crippen LogP contribution in [0.15, 0.2) is 24.3 Å². The molecular formula is C13H17N3O3S. The third kappa shape index (κ3) is 5.33. The van der Waals surface area contributed by atoms with E-state index in [1.165, 1.54) is 0 Å². The van der Waals surface area contributed by atoms with Crippen molar-refractivity contribution in [2.45, 2.75) is 0 Å². The zero-order valence-corrected chi connectivity index (χ0v) is 12.0. The van der Waals surface area contributed by atoms with Crippen LogP contribution in [-0.2, 0) is 9.53 Å². The quantitative estimate of drug-likeness (QED) is 0.479. The summed E-state index contributed by atoms with van der Waals surface area (Å²) in [4.78, 5) is 23.5. The molecule has 0 heterocycles. The topological polar surface area (TPSA) is 93.5 Å². The molecule has 0 bridgehead atoms. The number of nitrogens with two attached hydrogens (primary N) is 1. The van der Waals surface area contributed by atoms with E-state index < -0.39 is 0 Å². The van der Waals surface area contributed by atoms with E-state index in [1.54, 1.807) is 31.4 Å². The maximum atomic E-state index is 11.9. The van der Waals surface area contributed by atoms with Crippen molar-refractivity contribution in [3.63, 3.8) is 0 Å². The van der Waals surface area contributed by atoms with Gasteiger partial charge in [-0.15, -0.1) is 0 Å². The van der Waals surface area contributed by atoms with Crippen LogP contribution < -0.4 is 16.4 Å². The molecule has 0 fully saturated rings. The molecular weight excluding hydrogens is 278 g/mol. The first kappa shape index (κ1) is 16.1. The third-order valence-electron chi connectivity index (χ3n) is 2.45. The number of carbonyl (C=O) groups excluding carboxylic acids is 2. The summed E-state index contributed by atoms with van der Waals surface area (Å²) in [7, 11) is 1.54. The molecule has 0 saturated carbocycles. The van der Waals surface area contributed by atoms with Gasteiger partial charge in [0.25, 0.3) is 5.91 Å². The molecule has 0 spiro atoms. The minimum Gasteiger partial charge on any atom is -0.389 e. The summed E-state index contributed by atoms with van der Waals surface area (Å²) in [6.45, 7) is 0.734. The molecule has 0 unspecified atom stereocenters. The van der Waals surface area contributed by atoms with E-state index in [0.29, 0.717) is 24.3 Å². The van der Waals surface area contributed by atoms with Gasteiger partial charge in [-0.3, -0.25) is 9.59 Å². The van der Waals surface area contributed by atoms with Crippen LogP contribution in [0.25, 0.3) is 0 Å². The molecule has 1 aromatic rings. The molecule has 0 aliphatic heterocycles. The van der Waals surface area contributed by atoms with Crippen LogP contribution in [-0.4, -0.2) is 43.6 Å². The molecule has 20 heavy (non-hydrogen) atoms. The van der Waals surface area contributed by atoms with Gasteiger partial charge in [-0.05, 0) is 12.1 Å². The standard InChI is InChI=1S/C13H17N3O3S/c1-19-6-5-15-11(17)8-16-13(18)10-4-2-3-9(7-10)12(14)20/h2-4,7H,5-6,8H2,1H3,(H2,14,20)(H,15,17)(H,16,18). The Morgan fingerprint density at radius 1 is 1.30 bits per heavy atom. The van der Waals surface area contributed by atoms with Crippen LogP contribution in [0.1, 0.15) is 15.9 Å². The predicted molar refractivity (Wildman–Crippen MR) is 79.5 cm³/mol. The second-order valence-electron chi connectivity index (χ2n) is 3.97. The van der Waals surface area contributed by atoms with Gasteiger partial charge in [-0.1, -0.05) is 24.4 Å². The predicted octanol–water partition coefficient (Wildman–Crippen LogP) is -0.187. The minimum absolute atomic E-state index is 0.0974. The number of ether oxygens (including phenoxy) is 1. The van der Waals surface area contributed by atoms with E-state index in [1.807, 2.05) is 0 Å². The molecule has 4 N–H and O–H groups in total. The zero-order valence-electron chi connectivity index (χ0n) is 11.1. The maximum absolute atomic E-state index is 11.9. The molecule has 7 heteroatoms. The molecule has 0 atom stereocenters. The van der Waals surface area contributed by atoms with Crippen molar-refractivity contribution in [1.29, 1.82) is 0 Å². The van der Waals surface area contributed by atoms with Crippen LogP contribution >= 0.6 is 12.2 Å².